The first-order valence-electron chi connectivity index (χ1n) is 6.87. The van der Waals surface area contributed by atoms with Gasteiger partial charge in [-0.05, 0) is 44.2 Å². The molecule has 1 nitrogen and oxygen atoms in total. The number of hydrogen-bond acceptors (Lipinski definition) is 2. The molecule has 3 atom stereocenters. The molecular weight excluding hydrogens is 240 g/mol. The van der Waals surface area contributed by atoms with Crippen LogP contribution >= 0.6 is 11.8 Å². The zero-order valence-electron chi connectivity index (χ0n) is 11.1. The van der Waals surface area contributed by atoms with E-state index in [0.29, 0.717) is 17.0 Å². The lowest BCUT2D eigenvalue weighted by atomic mass is 9.81. The highest BCUT2D eigenvalue weighted by atomic mass is 32.2. The number of aryl methyl sites for hydroxylation is 1. The SMILES string of the molecule is Cc1ccc(SC2CC[C@H]3CCC(=O)[C@@]23C)cc1. The van der Waals surface area contributed by atoms with E-state index in [1.54, 1.807) is 0 Å². The monoisotopic (exact) mass is 260 g/mol. The Kier molecular flexibility index (Phi) is 3.01. The molecule has 2 heteroatoms. The van der Waals surface area contributed by atoms with Gasteiger partial charge >= 0.3 is 0 Å². The highest BCUT2D eigenvalue weighted by Crippen LogP contribution is 2.56. The first-order valence-corrected chi connectivity index (χ1v) is 7.75. The molecule has 0 radical (unpaired) electrons. The van der Waals surface area contributed by atoms with Crippen LogP contribution in [-0.4, -0.2) is 11.0 Å². The van der Waals surface area contributed by atoms with Crippen LogP contribution in [-0.2, 0) is 4.79 Å². The topological polar surface area (TPSA) is 17.1 Å². The van der Waals surface area contributed by atoms with Gasteiger partial charge in [0.15, 0.2) is 0 Å². The summed E-state index contributed by atoms with van der Waals surface area (Å²) in [4.78, 5) is 13.5. The van der Waals surface area contributed by atoms with Gasteiger partial charge in [-0.3, -0.25) is 4.79 Å². The number of rotatable bonds is 2. The van der Waals surface area contributed by atoms with Crippen LogP contribution in [0.5, 0.6) is 0 Å². The van der Waals surface area contributed by atoms with Crippen molar-refractivity contribution in [2.75, 3.05) is 0 Å². The van der Waals surface area contributed by atoms with E-state index >= 15 is 0 Å². The Hall–Kier alpha value is -0.760. The quantitative estimate of drug-likeness (QED) is 0.791. The number of ketones is 1. The van der Waals surface area contributed by atoms with Gasteiger partial charge in [0.2, 0.25) is 0 Å². The fourth-order valence-corrected chi connectivity index (χ4v) is 5.05. The highest BCUT2D eigenvalue weighted by Gasteiger charge is 2.54. The van der Waals surface area contributed by atoms with Crippen LogP contribution in [0.25, 0.3) is 0 Å². The Morgan fingerprint density at radius 1 is 1.17 bits per heavy atom. The van der Waals surface area contributed by atoms with E-state index in [1.165, 1.54) is 23.3 Å². The Labute approximate surface area is 113 Å². The van der Waals surface area contributed by atoms with E-state index in [1.807, 2.05) is 11.8 Å². The van der Waals surface area contributed by atoms with Gasteiger partial charge in [0, 0.05) is 22.0 Å². The number of benzene rings is 1. The Balaban J connectivity index is 1.81. The number of thioether (sulfide) groups is 1. The van der Waals surface area contributed by atoms with E-state index in [-0.39, 0.29) is 5.41 Å². The maximum atomic E-state index is 12.2. The lowest BCUT2D eigenvalue weighted by Gasteiger charge is -2.29. The van der Waals surface area contributed by atoms with Crippen molar-refractivity contribution in [1.29, 1.82) is 0 Å². The smallest absolute Gasteiger partial charge is 0.140 e. The molecule has 0 aliphatic heterocycles. The van der Waals surface area contributed by atoms with Gasteiger partial charge < -0.3 is 0 Å². The van der Waals surface area contributed by atoms with Gasteiger partial charge in [-0.1, -0.05) is 24.6 Å². The molecule has 2 saturated carbocycles. The largest absolute Gasteiger partial charge is 0.299 e. The first-order chi connectivity index (χ1) is 8.60. The fraction of sp³-hybridized carbons (Fsp3) is 0.562. The van der Waals surface area contributed by atoms with Crippen LogP contribution in [0, 0.1) is 18.3 Å². The lowest BCUT2D eigenvalue weighted by Crippen LogP contribution is -2.33. The Morgan fingerprint density at radius 3 is 2.61 bits per heavy atom. The number of Topliss-reactive ketones (excluding diaryl/α,β-unsaturated/α-hetero) is 1. The van der Waals surface area contributed by atoms with Gasteiger partial charge in [0.05, 0.1) is 0 Å². The summed E-state index contributed by atoms with van der Waals surface area (Å²) in [6.07, 6.45) is 4.38. The second-order valence-electron chi connectivity index (χ2n) is 5.94. The second kappa shape index (κ2) is 4.41. The number of carbonyl (C=O) groups excluding carboxylic acids is 1. The minimum absolute atomic E-state index is 0.0461. The maximum absolute atomic E-state index is 12.2. The summed E-state index contributed by atoms with van der Waals surface area (Å²) >= 11 is 1.92. The Morgan fingerprint density at radius 2 is 1.89 bits per heavy atom. The molecule has 1 aromatic carbocycles. The van der Waals surface area contributed by atoms with Crippen molar-refractivity contribution in [3.8, 4) is 0 Å². The minimum atomic E-state index is -0.0461. The molecule has 0 saturated heterocycles. The number of fused-ring (bicyclic) bond motifs is 1. The van der Waals surface area contributed by atoms with Crippen molar-refractivity contribution in [2.24, 2.45) is 11.3 Å². The lowest BCUT2D eigenvalue weighted by molar-refractivity contribution is -0.125. The van der Waals surface area contributed by atoms with Crippen molar-refractivity contribution < 1.29 is 4.79 Å². The summed E-state index contributed by atoms with van der Waals surface area (Å²) < 4.78 is 0. The molecule has 18 heavy (non-hydrogen) atoms. The van der Waals surface area contributed by atoms with Crippen LogP contribution in [0.15, 0.2) is 29.2 Å². The third-order valence-electron chi connectivity index (χ3n) is 4.91. The van der Waals surface area contributed by atoms with Crippen LogP contribution in [0.3, 0.4) is 0 Å². The van der Waals surface area contributed by atoms with Crippen molar-refractivity contribution in [1.82, 2.24) is 0 Å². The molecule has 0 aromatic heterocycles. The van der Waals surface area contributed by atoms with Gasteiger partial charge in [-0.2, -0.15) is 0 Å². The predicted molar refractivity (Wildman–Crippen MR) is 75.9 cm³/mol. The van der Waals surface area contributed by atoms with Crippen LogP contribution in [0.4, 0.5) is 0 Å². The van der Waals surface area contributed by atoms with Crippen molar-refractivity contribution in [3.63, 3.8) is 0 Å². The van der Waals surface area contributed by atoms with Crippen LogP contribution in [0.1, 0.15) is 38.2 Å². The first kappa shape index (κ1) is 12.3. The van der Waals surface area contributed by atoms with E-state index in [0.717, 1.165) is 12.8 Å². The average Bonchev–Trinajstić information content (AvgIpc) is 2.82. The third kappa shape index (κ3) is 1.82. The van der Waals surface area contributed by atoms with E-state index in [4.69, 9.17) is 0 Å². The molecule has 96 valence electrons. The number of carbonyl (C=O) groups is 1. The minimum Gasteiger partial charge on any atom is -0.299 e. The molecule has 2 aliphatic rings. The number of hydrogen-bond donors (Lipinski definition) is 0. The van der Waals surface area contributed by atoms with Gasteiger partial charge in [-0.15, -0.1) is 11.8 Å². The molecule has 0 N–H and O–H groups in total. The molecule has 0 heterocycles. The third-order valence-corrected chi connectivity index (χ3v) is 6.47. The van der Waals surface area contributed by atoms with Crippen LogP contribution < -0.4 is 0 Å². The molecule has 3 rings (SSSR count). The van der Waals surface area contributed by atoms with E-state index in [9.17, 15) is 4.79 Å². The van der Waals surface area contributed by atoms with Crippen molar-refractivity contribution in [3.05, 3.63) is 29.8 Å². The van der Waals surface area contributed by atoms with Gasteiger partial charge in [-0.25, -0.2) is 0 Å². The summed E-state index contributed by atoms with van der Waals surface area (Å²) in [7, 11) is 0. The highest BCUT2D eigenvalue weighted by molar-refractivity contribution is 8.00. The van der Waals surface area contributed by atoms with Crippen molar-refractivity contribution in [2.45, 2.75) is 49.7 Å². The summed E-state index contributed by atoms with van der Waals surface area (Å²) in [6.45, 7) is 4.33. The summed E-state index contributed by atoms with van der Waals surface area (Å²) in [5, 5.41) is 0.486. The molecule has 0 amide bonds. The molecule has 2 fully saturated rings. The molecular formula is C16H20OS. The van der Waals surface area contributed by atoms with E-state index < -0.39 is 0 Å². The van der Waals surface area contributed by atoms with Crippen molar-refractivity contribution >= 4 is 17.5 Å². The summed E-state index contributed by atoms with van der Waals surface area (Å²) in [5.41, 5.74) is 1.25. The molecule has 1 unspecified atom stereocenters. The fourth-order valence-electron chi connectivity index (χ4n) is 3.60. The predicted octanol–water partition coefficient (Wildman–Crippen LogP) is 4.23. The van der Waals surface area contributed by atoms with Gasteiger partial charge in [0.1, 0.15) is 5.78 Å². The second-order valence-corrected chi connectivity index (χ2v) is 7.21. The normalized spacial score (nSPS) is 34.9. The van der Waals surface area contributed by atoms with Gasteiger partial charge in [0.25, 0.3) is 0 Å². The standard InChI is InChI=1S/C16H20OS/c1-11-3-7-13(8-4-11)18-15-10-6-12-5-9-14(17)16(12,15)2/h3-4,7-8,12,15H,5-6,9-10H2,1-2H3/t12-,15?,16+/m1/s1. The maximum Gasteiger partial charge on any atom is 0.140 e. The van der Waals surface area contributed by atoms with Crippen LogP contribution in [0.2, 0.25) is 0 Å². The van der Waals surface area contributed by atoms with E-state index in [2.05, 4.69) is 38.1 Å². The molecule has 1 aromatic rings. The summed E-state index contributed by atoms with van der Waals surface area (Å²) in [5.74, 6) is 1.16. The zero-order chi connectivity index (χ0) is 12.8. The molecule has 0 spiro atoms. The molecule has 0 bridgehead atoms. The zero-order valence-corrected chi connectivity index (χ0v) is 11.9. The average molecular weight is 260 g/mol. The summed E-state index contributed by atoms with van der Waals surface area (Å²) in [6, 6.07) is 8.70. The Bertz CT molecular complexity index is 464. The molecule has 2 aliphatic carbocycles.